The van der Waals surface area contributed by atoms with Gasteiger partial charge in [-0.05, 0) is 36.6 Å². The molecule has 1 aromatic carbocycles. The quantitative estimate of drug-likeness (QED) is 0.880. The Hall–Kier alpha value is -1.74. The van der Waals surface area contributed by atoms with E-state index < -0.39 is 0 Å². The number of hydrogen-bond acceptors (Lipinski definition) is 2. The molecule has 0 fully saturated rings. The minimum Gasteiger partial charge on any atom is -0.322 e. The van der Waals surface area contributed by atoms with Gasteiger partial charge in [-0.2, -0.15) is 0 Å². The molecule has 0 aliphatic carbocycles. The first-order valence-electron chi connectivity index (χ1n) is 5.58. The summed E-state index contributed by atoms with van der Waals surface area (Å²) < 4.78 is 12.7. The van der Waals surface area contributed by atoms with E-state index in [1.54, 1.807) is 6.07 Å². The summed E-state index contributed by atoms with van der Waals surface area (Å²) in [6.07, 6.45) is 1.92. The van der Waals surface area contributed by atoms with Gasteiger partial charge in [0.1, 0.15) is 5.82 Å². The van der Waals surface area contributed by atoms with E-state index in [-0.39, 0.29) is 11.9 Å². The predicted molar refractivity (Wildman–Crippen MR) is 66.0 cm³/mol. The summed E-state index contributed by atoms with van der Waals surface area (Å²) in [5.74, 6) is -0.336. The van der Waals surface area contributed by atoms with Crippen LogP contribution < -0.4 is 5.73 Å². The fourth-order valence-corrected chi connectivity index (χ4v) is 1.79. The second-order valence-electron chi connectivity index (χ2n) is 4.14. The van der Waals surface area contributed by atoms with E-state index in [1.807, 2.05) is 12.1 Å². The van der Waals surface area contributed by atoms with Gasteiger partial charge in [0.05, 0.1) is 17.9 Å². The molecular weight excluding hydrogens is 215 g/mol. The van der Waals surface area contributed by atoms with Crippen molar-refractivity contribution >= 4 is 0 Å². The number of benzene rings is 1. The first-order chi connectivity index (χ1) is 8.16. The molecule has 1 aromatic heterocycles. The minimum atomic E-state index is -0.336. The third kappa shape index (κ3) is 2.88. The van der Waals surface area contributed by atoms with Crippen molar-refractivity contribution in [2.24, 2.45) is 5.73 Å². The van der Waals surface area contributed by atoms with Crippen LogP contribution in [0.15, 0.2) is 42.6 Å². The van der Waals surface area contributed by atoms with E-state index in [0.29, 0.717) is 6.42 Å². The van der Waals surface area contributed by atoms with Crippen molar-refractivity contribution in [1.82, 2.24) is 4.98 Å². The normalized spacial score (nSPS) is 12.4. The Morgan fingerprint density at radius 2 is 2.00 bits per heavy atom. The predicted octanol–water partition coefficient (Wildman–Crippen LogP) is 2.77. The number of aryl methyl sites for hydroxylation is 1. The van der Waals surface area contributed by atoms with E-state index in [4.69, 9.17) is 5.73 Å². The number of nitrogens with two attached hydrogens (primary N) is 1. The number of halogens is 1. The largest absolute Gasteiger partial charge is 0.322 e. The third-order valence-corrected chi connectivity index (χ3v) is 2.83. The van der Waals surface area contributed by atoms with Gasteiger partial charge in [0.2, 0.25) is 0 Å². The molecule has 0 aliphatic rings. The lowest BCUT2D eigenvalue weighted by Crippen LogP contribution is -2.15. The molecule has 2 aromatic rings. The Morgan fingerprint density at radius 3 is 2.65 bits per heavy atom. The molecule has 3 heteroatoms. The number of rotatable bonds is 3. The summed E-state index contributed by atoms with van der Waals surface area (Å²) in [5, 5.41) is 0. The number of aromatic nitrogens is 1. The summed E-state index contributed by atoms with van der Waals surface area (Å²) in [6.45, 7) is 2.06. The molecule has 0 amide bonds. The highest BCUT2D eigenvalue weighted by Crippen LogP contribution is 2.16. The molecule has 0 spiro atoms. The monoisotopic (exact) mass is 230 g/mol. The van der Waals surface area contributed by atoms with Crippen LogP contribution in [0.25, 0.3) is 0 Å². The Kier molecular flexibility index (Phi) is 3.49. The standard InChI is InChI=1S/C14H15FN2/c1-10-4-2-3-5-11(10)8-13(16)14-7-6-12(15)9-17-14/h2-7,9,13H,8,16H2,1H3. The van der Waals surface area contributed by atoms with Crippen LogP contribution in [-0.4, -0.2) is 4.98 Å². The van der Waals surface area contributed by atoms with Gasteiger partial charge < -0.3 is 5.73 Å². The van der Waals surface area contributed by atoms with Crippen molar-refractivity contribution in [2.45, 2.75) is 19.4 Å². The molecule has 2 N–H and O–H groups in total. The Morgan fingerprint density at radius 1 is 1.24 bits per heavy atom. The zero-order chi connectivity index (χ0) is 12.3. The van der Waals surface area contributed by atoms with E-state index in [9.17, 15) is 4.39 Å². The first-order valence-corrected chi connectivity index (χ1v) is 5.58. The Balaban J connectivity index is 2.14. The fraction of sp³-hybridized carbons (Fsp3) is 0.214. The summed E-state index contributed by atoms with van der Waals surface area (Å²) in [7, 11) is 0. The van der Waals surface area contributed by atoms with Crippen LogP contribution in [0.1, 0.15) is 22.9 Å². The summed E-state index contributed by atoms with van der Waals surface area (Å²) in [5.41, 5.74) is 9.19. The summed E-state index contributed by atoms with van der Waals surface area (Å²) in [4.78, 5) is 4.00. The van der Waals surface area contributed by atoms with Crippen LogP contribution in [0.3, 0.4) is 0 Å². The lowest BCUT2D eigenvalue weighted by Gasteiger charge is -2.12. The van der Waals surface area contributed by atoms with Crippen LogP contribution in [-0.2, 0) is 6.42 Å². The van der Waals surface area contributed by atoms with Crippen LogP contribution in [0.5, 0.6) is 0 Å². The molecular formula is C14H15FN2. The van der Waals surface area contributed by atoms with Gasteiger partial charge in [-0.15, -0.1) is 0 Å². The summed E-state index contributed by atoms with van der Waals surface area (Å²) in [6, 6.07) is 10.9. The van der Waals surface area contributed by atoms with Gasteiger partial charge in [-0.25, -0.2) is 4.39 Å². The van der Waals surface area contributed by atoms with Gasteiger partial charge in [0.25, 0.3) is 0 Å². The van der Waals surface area contributed by atoms with E-state index in [1.165, 1.54) is 23.4 Å². The number of pyridine rings is 1. The first kappa shape index (κ1) is 11.7. The lowest BCUT2D eigenvalue weighted by molar-refractivity contribution is 0.612. The molecule has 0 bridgehead atoms. The average molecular weight is 230 g/mol. The molecule has 1 heterocycles. The van der Waals surface area contributed by atoms with Gasteiger partial charge in [-0.3, -0.25) is 4.98 Å². The van der Waals surface area contributed by atoms with Crippen LogP contribution >= 0.6 is 0 Å². The van der Waals surface area contributed by atoms with Gasteiger partial charge in [0.15, 0.2) is 0 Å². The molecule has 2 nitrogen and oxygen atoms in total. The highest BCUT2D eigenvalue weighted by Gasteiger charge is 2.09. The zero-order valence-electron chi connectivity index (χ0n) is 9.73. The second kappa shape index (κ2) is 5.06. The van der Waals surface area contributed by atoms with Gasteiger partial charge >= 0.3 is 0 Å². The van der Waals surface area contributed by atoms with Crippen LogP contribution in [0.4, 0.5) is 4.39 Å². The number of hydrogen-bond donors (Lipinski definition) is 1. The molecule has 0 saturated heterocycles. The molecule has 0 saturated carbocycles. The van der Waals surface area contributed by atoms with Crippen molar-refractivity contribution in [3.05, 3.63) is 65.2 Å². The lowest BCUT2D eigenvalue weighted by atomic mass is 9.99. The molecule has 2 rings (SSSR count). The minimum absolute atomic E-state index is 0.198. The van der Waals surface area contributed by atoms with Gasteiger partial charge in [-0.1, -0.05) is 24.3 Å². The maximum absolute atomic E-state index is 12.7. The van der Waals surface area contributed by atoms with Crippen molar-refractivity contribution in [3.8, 4) is 0 Å². The van der Waals surface area contributed by atoms with Crippen molar-refractivity contribution in [1.29, 1.82) is 0 Å². The smallest absolute Gasteiger partial charge is 0.141 e. The fourth-order valence-electron chi connectivity index (χ4n) is 1.79. The topological polar surface area (TPSA) is 38.9 Å². The SMILES string of the molecule is Cc1ccccc1CC(N)c1ccc(F)cn1. The number of nitrogens with zero attached hydrogens (tertiary/aromatic N) is 1. The van der Waals surface area contributed by atoms with E-state index >= 15 is 0 Å². The van der Waals surface area contributed by atoms with E-state index in [0.717, 1.165) is 5.69 Å². The highest BCUT2D eigenvalue weighted by atomic mass is 19.1. The van der Waals surface area contributed by atoms with E-state index in [2.05, 4.69) is 24.0 Å². The van der Waals surface area contributed by atoms with Crippen molar-refractivity contribution < 1.29 is 4.39 Å². The molecule has 88 valence electrons. The summed E-state index contributed by atoms with van der Waals surface area (Å²) >= 11 is 0. The van der Waals surface area contributed by atoms with Crippen LogP contribution in [0, 0.1) is 12.7 Å². The third-order valence-electron chi connectivity index (χ3n) is 2.83. The molecule has 0 aliphatic heterocycles. The Labute approximate surface area is 100 Å². The van der Waals surface area contributed by atoms with Gasteiger partial charge in [0, 0.05) is 0 Å². The molecule has 1 atom stereocenters. The second-order valence-corrected chi connectivity index (χ2v) is 4.14. The Bertz CT molecular complexity index is 494. The average Bonchev–Trinajstić information content (AvgIpc) is 2.33. The van der Waals surface area contributed by atoms with Crippen molar-refractivity contribution in [3.63, 3.8) is 0 Å². The maximum Gasteiger partial charge on any atom is 0.141 e. The van der Waals surface area contributed by atoms with Crippen molar-refractivity contribution in [2.75, 3.05) is 0 Å². The maximum atomic E-state index is 12.7. The molecule has 0 radical (unpaired) electrons. The highest BCUT2D eigenvalue weighted by molar-refractivity contribution is 5.27. The zero-order valence-corrected chi connectivity index (χ0v) is 9.73. The molecule has 1 unspecified atom stereocenters. The van der Waals surface area contributed by atoms with Crippen LogP contribution in [0.2, 0.25) is 0 Å². The molecule has 17 heavy (non-hydrogen) atoms.